The molecular weight excluding hydrogens is 360 g/mol. The van der Waals surface area contributed by atoms with E-state index in [1.165, 1.54) is 44.1 Å². The van der Waals surface area contributed by atoms with E-state index in [0.717, 1.165) is 42.6 Å². The Morgan fingerprint density at radius 3 is 1.93 bits per heavy atom. The number of phenolic OH excluding ortho intramolecular Hbond substituents is 2. The van der Waals surface area contributed by atoms with E-state index in [-0.39, 0.29) is 23.9 Å². The van der Waals surface area contributed by atoms with Crippen LogP contribution in [0.15, 0.2) is 12.1 Å². The van der Waals surface area contributed by atoms with Crippen LogP contribution in [0.3, 0.4) is 0 Å². The second kappa shape index (κ2) is 7.18. The molecule has 5 saturated carbocycles. The molecule has 0 radical (unpaired) electrons. The summed E-state index contributed by atoms with van der Waals surface area (Å²) in [6.07, 6.45) is 10.9. The van der Waals surface area contributed by atoms with Crippen LogP contribution in [0.1, 0.15) is 88.7 Å². The van der Waals surface area contributed by atoms with Gasteiger partial charge in [-0.1, -0.05) is 13.8 Å². The third kappa shape index (κ3) is 3.28. The number of phenols is 2. The molecule has 0 unspecified atom stereocenters. The highest BCUT2D eigenvalue weighted by Crippen LogP contribution is 2.62. The Morgan fingerprint density at radius 2 is 1.45 bits per heavy atom. The average molecular weight is 399 g/mol. The molecule has 3 N–H and O–H groups in total. The van der Waals surface area contributed by atoms with Gasteiger partial charge in [-0.2, -0.15) is 0 Å². The van der Waals surface area contributed by atoms with Crippen molar-refractivity contribution in [1.82, 2.24) is 0 Å². The smallest absolute Gasteiger partial charge is 0.123 e. The predicted molar refractivity (Wildman–Crippen MR) is 115 cm³/mol. The van der Waals surface area contributed by atoms with Gasteiger partial charge in [-0.3, -0.25) is 0 Å². The van der Waals surface area contributed by atoms with Crippen LogP contribution in [0.25, 0.3) is 0 Å². The van der Waals surface area contributed by atoms with Crippen molar-refractivity contribution in [3.8, 4) is 11.5 Å². The summed E-state index contributed by atoms with van der Waals surface area (Å²) in [6, 6.07) is 4.03. The first-order valence-corrected chi connectivity index (χ1v) is 12.1. The molecule has 3 nitrogen and oxygen atoms in total. The third-order valence-corrected chi connectivity index (χ3v) is 9.28. The molecule has 0 aliphatic heterocycles. The summed E-state index contributed by atoms with van der Waals surface area (Å²) >= 11 is 0. The largest absolute Gasteiger partial charge is 0.508 e. The number of rotatable bonds is 4. The minimum Gasteiger partial charge on any atom is -0.508 e. The molecule has 3 heteroatoms. The van der Waals surface area contributed by atoms with Crippen LogP contribution in [-0.4, -0.2) is 21.9 Å². The van der Waals surface area contributed by atoms with Gasteiger partial charge in [-0.25, -0.2) is 0 Å². The summed E-state index contributed by atoms with van der Waals surface area (Å²) in [4.78, 5) is 0. The summed E-state index contributed by atoms with van der Waals surface area (Å²) in [7, 11) is 0. The fourth-order valence-corrected chi connectivity index (χ4v) is 8.35. The normalized spacial score (nSPS) is 41.2. The molecule has 0 spiro atoms. The molecule has 29 heavy (non-hydrogen) atoms. The minimum absolute atomic E-state index is 0.131. The first-order chi connectivity index (χ1) is 13.9. The standard InChI is InChI=1S/C26H38O3/c1-15(2)21-4-3-16(14-27)8-22(21)25-23(28)9-20(10-24(25)29)26-11-17-5-18(12-26)7-19(6-17)13-26/h9-10,15-19,21-22,27-29H,3-8,11-14H2,1-2H3/t16-,17?,18?,19?,21+,22-,26?/m1/s1. The molecule has 1 aromatic rings. The Labute approximate surface area is 175 Å². The second-order valence-electron chi connectivity index (χ2n) is 11.5. The molecule has 1 aromatic carbocycles. The SMILES string of the molecule is CC(C)[C@@H]1CC[C@@H](CO)C[C@H]1c1c(O)cc(C23CC4CC(CC(C4)C2)C3)cc1O. The van der Waals surface area contributed by atoms with Crippen molar-refractivity contribution in [2.75, 3.05) is 6.61 Å². The zero-order valence-electron chi connectivity index (χ0n) is 18.1. The van der Waals surface area contributed by atoms with Crippen LogP contribution in [0.5, 0.6) is 11.5 Å². The van der Waals surface area contributed by atoms with Crippen molar-refractivity contribution in [3.05, 3.63) is 23.3 Å². The lowest BCUT2D eigenvalue weighted by Gasteiger charge is -2.57. The number of aromatic hydroxyl groups is 2. The zero-order valence-corrected chi connectivity index (χ0v) is 18.1. The summed E-state index contributed by atoms with van der Waals surface area (Å²) in [5.74, 6) is 4.48. The van der Waals surface area contributed by atoms with Crippen LogP contribution < -0.4 is 0 Å². The predicted octanol–water partition coefficient (Wildman–Crippen LogP) is 5.71. The summed E-state index contributed by atoms with van der Waals surface area (Å²) in [5.41, 5.74) is 2.11. The Kier molecular flexibility index (Phi) is 4.89. The molecule has 6 rings (SSSR count). The third-order valence-electron chi connectivity index (χ3n) is 9.28. The molecule has 0 saturated heterocycles. The number of aliphatic hydroxyl groups is 1. The zero-order chi connectivity index (χ0) is 20.3. The van der Waals surface area contributed by atoms with E-state index in [9.17, 15) is 15.3 Å². The van der Waals surface area contributed by atoms with Crippen molar-refractivity contribution in [2.45, 2.75) is 83.0 Å². The van der Waals surface area contributed by atoms with E-state index >= 15 is 0 Å². The molecule has 160 valence electrons. The van der Waals surface area contributed by atoms with Gasteiger partial charge in [0.2, 0.25) is 0 Å². The van der Waals surface area contributed by atoms with Crippen molar-refractivity contribution in [3.63, 3.8) is 0 Å². The van der Waals surface area contributed by atoms with Gasteiger partial charge in [0.25, 0.3) is 0 Å². The quantitative estimate of drug-likeness (QED) is 0.608. The highest BCUT2D eigenvalue weighted by atomic mass is 16.3. The molecule has 5 aliphatic rings. The fraction of sp³-hybridized carbons (Fsp3) is 0.769. The molecule has 3 atom stereocenters. The van der Waals surface area contributed by atoms with Gasteiger partial charge in [-0.15, -0.1) is 0 Å². The van der Waals surface area contributed by atoms with Gasteiger partial charge >= 0.3 is 0 Å². The first kappa shape index (κ1) is 19.7. The Balaban J connectivity index is 1.50. The van der Waals surface area contributed by atoms with Crippen molar-refractivity contribution in [1.29, 1.82) is 0 Å². The molecular formula is C26H38O3. The highest BCUT2D eigenvalue weighted by Gasteiger charge is 2.52. The molecule has 0 heterocycles. The lowest BCUT2D eigenvalue weighted by atomic mass is 9.48. The van der Waals surface area contributed by atoms with Crippen LogP contribution in [0.4, 0.5) is 0 Å². The number of hydrogen-bond donors (Lipinski definition) is 3. The molecule has 4 bridgehead atoms. The lowest BCUT2D eigenvalue weighted by molar-refractivity contribution is -0.00539. The molecule has 0 amide bonds. The first-order valence-electron chi connectivity index (χ1n) is 12.1. The van der Waals surface area contributed by atoms with E-state index in [2.05, 4.69) is 13.8 Å². The van der Waals surface area contributed by atoms with E-state index in [1.807, 2.05) is 12.1 Å². The Hall–Kier alpha value is -1.22. The lowest BCUT2D eigenvalue weighted by Crippen LogP contribution is -2.48. The summed E-state index contributed by atoms with van der Waals surface area (Å²) in [5, 5.41) is 32.1. The number of hydrogen-bond acceptors (Lipinski definition) is 3. The molecule has 0 aromatic heterocycles. The van der Waals surface area contributed by atoms with Crippen molar-refractivity contribution >= 4 is 0 Å². The van der Waals surface area contributed by atoms with Crippen LogP contribution in [0, 0.1) is 35.5 Å². The minimum atomic E-state index is 0.131. The van der Waals surface area contributed by atoms with E-state index in [0.29, 0.717) is 23.3 Å². The second-order valence-corrected chi connectivity index (χ2v) is 11.5. The van der Waals surface area contributed by atoms with Gasteiger partial charge in [0.15, 0.2) is 0 Å². The van der Waals surface area contributed by atoms with E-state index in [4.69, 9.17) is 0 Å². The number of benzene rings is 1. The fourth-order valence-electron chi connectivity index (χ4n) is 8.35. The Morgan fingerprint density at radius 1 is 0.897 bits per heavy atom. The van der Waals surface area contributed by atoms with Gasteiger partial charge in [0, 0.05) is 12.2 Å². The average Bonchev–Trinajstić information content (AvgIpc) is 2.66. The van der Waals surface area contributed by atoms with Crippen molar-refractivity contribution in [2.24, 2.45) is 35.5 Å². The summed E-state index contributed by atoms with van der Waals surface area (Å²) in [6.45, 7) is 4.69. The van der Waals surface area contributed by atoms with E-state index < -0.39 is 0 Å². The van der Waals surface area contributed by atoms with Crippen LogP contribution >= 0.6 is 0 Å². The van der Waals surface area contributed by atoms with Gasteiger partial charge < -0.3 is 15.3 Å². The maximum absolute atomic E-state index is 11.2. The van der Waals surface area contributed by atoms with Gasteiger partial charge in [0.05, 0.1) is 0 Å². The maximum atomic E-state index is 11.2. The monoisotopic (exact) mass is 398 g/mol. The van der Waals surface area contributed by atoms with Crippen LogP contribution in [0.2, 0.25) is 0 Å². The molecule has 5 fully saturated rings. The number of aliphatic hydroxyl groups excluding tert-OH is 1. The van der Waals surface area contributed by atoms with Gasteiger partial charge in [0.1, 0.15) is 11.5 Å². The maximum Gasteiger partial charge on any atom is 0.123 e. The Bertz CT molecular complexity index is 709. The van der Waals surface area contributed by atoms with Crippen LogP contribution in [-0.2, 0) is 5.41 Å². The van der Waals surface area contributed by atoms with Crippen molar-refractivity contribution < 1.29 is 15.3 Å². The van der Waals surface area contributed by atoms with Gasteiger partial charge in [-0.05, 0) is 122 Å². The highest BCUT2D eigenvalue weighted by molar-refractivity contribution is 5.51. The topological polar surface area (TPSA) is 60.7 Å². The van der Waals surface area contributed by atoms with E-state index in [1.54, 1.807) is 0 Å². The summed E-state index contributed by atoms with van der Waals surface area (Å²) < 4.78 is 0. The molecule has 5 aliphatic carbocycles.